The van der Waals surface area contributed by atoms with Crippen molar-refractivity contribution in [2.24, 2.45) is 17.8 Å². The van der Waals surface area contributed by atoms with Gasteiger partial charge in [-0.3, -0.25) is 9.59 Å². The second-order valence-corrected chi connectivity index (χ2v) is 9.30. The third-order valence-electron chi connectivity index (χ3n) is 7.38. The Labute approximate surface area is 165 Å². The zero-order valence-corrected chi connectivity index (χ0v) is 17.2. The molecule has 0 amide bonds. The van der Waals surface area contributed by atoms with Gasteiger partial charge in [-0.2, -0.15) is 0 Å². The van der Waals surface area contributed by atoms with Crippen LogP contribution in [-0.4, -0.2) is 67.2 Å². The summed E-state index contributed by atoms with van der Waals surface area (Å²) in [4.78, 5) is 27.2. The molecule has 2 aliphatic carbocycles. The average molecular weight is 400 g/mol. The van der Waals surface area contributed by atoms with Gasteiger partial charge >= 0.3 is 0 Å². The highest BCUT2D eigenvalue weighted by Gasteiger charge is 2.69. The summed E-state index contributed by atoms with van der Waals surface area (Å²) in [5.74, 6) is -1.06. The number of Topliss-reactive ketones (excluding diaryl/α,β-unsaturated/α-hetero) is 2. The number of fused-ring (bicyclic) bond motifs is 2. The lowest BCUT2D eigenvalue weighted by Crippen LogP contribution is -2.65. The largest absolute Gasteiger partial charge is 0.380 e. The van der Waals surface area contributed by atoms with Crippen molar-refractivity contribution in [2.75, 3.05) is 14.2 Å². The summed E-state index contributed by atoms with van der Waals surface area (Å²) in [5, 5.41) is 3.07. The molecule has 8 unspecified atom stereocenters. The Kier molecular flexibility index (Phi) is 5.17. The predicted molar refractivity (Wildman–Crippen MR) is 99.9 cm³/mol. The number of nitrogens with one attached hydrogen (secondary N) is 1. The Hall–Kier alpha value is -0.530. The van der Waals surface area contributed by atoms with Crippen LogP contribution in [0.5, 0.6) is 0 Å². The molecule has 27 heavy (non-hydrogen) atoms. The van der Waals surface area contributed by atoms with Crippen molar-refractivity contribution >= 4 is 23.2 Å². The molecule has 0 aromatic heterocycles. The van der Waals surface area contributed by atoms with Crippen LogP contribution in [0.15, 0.2) is 0 Å². The minimum Gasteiger partial charge on any atom is -0.380 e. The van der Waals surface area contributed by atoms with E-state index < -0.39 is 23.0 Å². The zero-order valence-electron chi connectivity index (χ0n) is 16.4. The molecule has 0 radical (unpaired) electrons. The van der Waals surface area contributed by atoms with Gasteiger partial charge < -0.3 is 19.5 Å². The van der Waals surface area contributed by atoms with Gasteiger partial charge in [-0.05, 0) is 26.2 Å². The summed E-state index contributed by atoms with van der Waals surface area (Å²) in [5.41, 5.74) is -1.38. The summed E-state index contributed by atoms with van der Waals surface area (Å²) in [6.45, 7) is 4.11. The smallest absolute Gasteiger partial charge is 0.188 e. The van der Waals surface area contributed by atoms with Gasteiger partial charge in [-0.1, -0.05) is 6.92 Å². The maximum absolute atomic E-state index is 13.6. The SMILES string of the molecule is COC1CC(OC)C2C(=O)[C@@]3(OC2C1Cl)C(=O)C1CCC(C)NC1C[C@H]3C. The molecule has 2 heterocycles. The first-order chi connectivity index (χ1) is 12.8. The predicted octanol–water partition coefficient (Wildman–Crippen LogP) is 1.72. The van der Waals surface area contributed by atoms with Crippen LogP contribution in [0, 0.1) is 17.8 Å². The number of hydrogen-bond acceptors (Lipinski definition) is 6. The van der Waals surface area contributed by atoms with E-state index in [-0.39, 0.29) is 41.7 Å². The lowest BCUT2D eigenvalue weighted by molar-refractivity contribution is -0.172. The Morgan fingerprint density at radius 2 is 1.78 bits per heavy atom. The molecule has 4 aliphatic rings. The Morgan fingerprint density at radius 1 is 1.07 bits per heavy atom. The molecule has 0 aromatic carbocycles. The first-order valence-electron chi connectivity index (χ1n) is 10.1. The highest BCUT2D eigenvalue weighted by molar-refractivity contribution is 6.23. The minimum absolute atomic E-state index is 0.0577. The highest BCUT2D eigenvalue weighted by atomic mass is 35.5. The summed E-state index contributed by atoms with van der Waals surface area (Å²) < 4.78 is 17.5. The van der Waals surface area contributed by atoms with E-state index >= 15 is 0 Å². The zero-order chi connectivity index (χ0) is 19.5. The second kappa shape index (κ2) is 7.06. The van der Waals surface area contributed by atoms with Crippen molar-refractivity contribution in [3.63, 3.8) is 0 Å². The molecule has 152 valence electrons. The van der Waals surface area contributed by atoms with Gasteiger partial charge in [0.2, 0.25) is 0 Å². The topological polar surface area (TPSA) is 73.9 Å². The maximum atomic E-state index is 13.6. The fraction of sp³-hybridized carbons (Fsp3) is 0.900. The fourth-order valence-electron chi connectivity index (χ4n) is 5.92. The standard InChI is InChI=1S/C20H30ClNO5/c1-9-7-12-11(6-5-10(2)22-12)18(23)20(9)19(24)15-13(25-3)8-14(26-4)16(21)17(15)27-20/h9-17,22H,5-8H2,1-4H3/t9-,10?,11?,12?,13?,14?,15?,16?,17?,20+/m1/s1. The van der Waals surface area contributed by atoms with Gasteiger partial charge in [-0.25, -0.2) is 0 Å². The quantitative estimate of drug-likeness (QED) is 0.563. The third-order valence-corrected chi connectivity index (χ3v) is 7.91. The number of carbonyl (C=O) groups excluding carboxylic acids is 2. The molecule has 1 N–H and O–H groups in total. The average Bonchev–Trinajstić information content (AvgIpc) is 2.96. The van der Waals surface area contributed by atoms with Gasteiger partial charge in [0.1, 0.15) is 0 Å². The van der Waals surface area contributed by atoms with Gasteiger partial charge in [0.25, 0.3) is 0 Å². The van der Waals surface area contributed by atoms with Gasteiger partial charge in [0.15, 0.2) is 17.2 Å². The molecule has 6 nitrogen and oxygen atoms in total. The summed E-state index contributed by atoms with van der Waals surface area (Å²) in [6, 6.07) is 0.522. The first-order valence-corrected chi connectivity index (χ1v) is 10.5. The van der Waals surface area contributed by atoms with Crippen LogP contribution in [0.3, 0.4) is 0 Å². The van der Waals surface area contributed by atoms with E-state index in [0.717, 1.165) is 19.3 Å². The van der Waals surface area contributed by atoms with Gasteiger partial charge in [0.05, 0.1) is 29.6 Å². The number of methoxy groups -OCH3 is 2. The van der Waals surface area contributed by atoms with Crippen LogP contribution in [-0.2, 0) is 23.8 Å². The molecule has 0 aromatic rings. The Bertz CT molecular complexity index is 629. The molecule has 10 atom stereocenters. The highest BCUT2D eigenvalue weighted by Crippen LogP contribution is 2.51. The van der Waals surface area contributed by atoms with E-state index in [0.29, 0.717) is 12.5 Å². The third kappa shape index (κ3) is 2.75. The summed E-state index contributed by atoms with van der Waals surface area (Å²) >= 11 is 6.64. The van der Waals surface area contributed by atoms with Crippen LogP contribution >= 0.6 is 11.6 Å². The molecule has 7 heteroatoms. The number of rotatable bonds is 2. The van der Waals surface area contributed by atoms with Crippen LogP contribution < -0.4 is 5.32 Å². The van der Waals surface area contributed by atoms with Crippen molar-refractivity contribution in [1.82, 2.24) is 5.32 Å². The lowest BCUT2D eigenvalue weighted by Gasteiger charge is -2.47. The number of halogens is 1. The molecule has 1 spiro atoms. The monoisotopic (exact) mass is 399 g/mol. The number of hydrogen-bond donors (Lipinski definition) is 1. The number of ether oxygens (including phenoxy) is 3. The second-order valence-electron chi connectivity index (χ2n) is 8.80. The lowest BCUT2D eigenvalue weighted by atomic mass is 9.62. The molecule has 0 bridgehead atoms. The molecular weight excluding hydrogens is 370 g/mol. The van der Waals surface area contributed by atoms with Gasteiger partial charge in [-0.15, -0.1) is 11.6 Å². The van der Waals surface area contributed by atoms with Crippen molar-refractivity contribution in [1.29, 1.82) is 0 Å². The summed E-state index contributed by atoms with van der Waals surface area (Å²) in [6.07, 6.45) is 1.86. The van der Waals surface area contributed by atoms with Crippen LogP contribution in [0.25, 0.3) is 0 Å². The van der Waals surface area contributed by atoms with Crippen molar-refractivity contribution in [3.05, 3.63) is 0 Å². The van der Waals surface area contributed by atoms with E-state index in [1.165, 1.54) is 0 Å². The fourth-order valence-corrected chi connectivity index (χ4v) is 6.33. The van der Waals surface area contributed by atoms with E-state index in [9.17, 15) is 9.59 Å². The maximum Gasteiger partial charge on any atom is 0.188 e. The van der Waals surface area contributed by atoms with E-state index in [1.54, 1.807) is 14.2 Å². The molecule has 2 aliphatic heterocycles. The molecule has 2 saturated heterocycles. The number of carbonyl (C=O) groups is 2. The van der Waals surface area contributed by atoms with Crippen LogP contribution in [0.2, 0.25) is 0 Å². The number of piperidine rings is 1. The van der Waals surface area contributed by atoms with E-state index in [1.807, 2.05) is 6.92 Å². The first kappa shape index (κ1) is 19.8. The number of ketones is 2. The Balaban J connectivity index is 1.69. The summed E-state index contributed by atoms with van der Waals surface area (Å²) in [7, 11) is 3.20. The Morgan fingerprint density at radius 3 is 2.44 bits per heavy atom. The van der Waals surface area contributed by atoms with Crippen LogP contribution in [0.4, 0.5) is 0 Å². The molecule has 2 saturated carbocycles. The van der Waals surface area contributed by atoms with E-state index in [2.05, 4.69) is 12.2 Å². The molecular formula is C20H30ClNO5. The van der Waals surface area contributed by atoms with Crippen molar-refractivity contribution in [2.45, 2.75) is 80.9 Å². The van der Waals surface area contributed by atoms with Gasteiger partial charge in [0, 0.05) is 44.6 Å². The minimum atomic E-state index is -1.38. The van der Waals surface area contributed by atoms with Crippen molar-refractivity contribution in [3.8, 4) is 0 Å². The molecule has 4 fully saturated rings. The van der Waals surface area contributed by atoms with Crippen LogP contribution in [0.1, 0.15) is 39.5 Å². The van der Waals surface area contributed by atoms with Crippen molar-refractivity contribution < 1.29 is 23.8 Å². The molecule has 4 rings (SSSR count). The van der Waals surface area contributed by atoms with E-state index in [4.69, 9.17) is 25.8 Å². The number of alkyl halides is 1. The normalized spacial score (nSPS) is 52.7.